The summed E-state index contributed by atoms with van der Waals surface area (Å²) in [6.45, 7) is 2.08. The van der Waals surface area contributed by atoms with Gasteiger partial charge in [0.2, 0.25) is 10.0 Å². The molecule has 0 bridgehead atoms. The SMILES string of the molecule is COC(=O)C/C=C/[C@@H]1[C@H]2CCCN3CCC[C@@H](CN1S(=O)(=O)c1ccccc1C(F)(F)F)[C@@H]23. The lowest BCUT2D eigenvalue weighted by Crippen LogP contribution is -2.65. The van der Waals surface area contributed by atoms with Gasteiger partial charge in [-0.25, -0.2) is 8.42 Å². The molecule has 6 nitrogen and oxygen atoms in total. The Kier molecular flexibility index (Phi) is 6.89. The molecule has 10 heteroatoms. The molecular weight excluding hydrogens is 457 g/mol. The molecule has 182 valence electrons. The molecule has 3 aliphatic heterocycles. The Balaban J connectivity index is 1.76. The third kappa shape index (κ3) is 4.70. The summed E-state index contributed by atoms with van der Waals surface area (Å²) in [5.74, 6) is -0.429. The first-order chi connectivity index (χ1) is 15.6. The summed E-state index contributed by atoms with van der Waals surface area (Å²) in [4.78, 5) is 13.3. The number of alkyl halides is 3. The van der Waals surface area contributed by atoms with Crippen molar-refractivity contribution in [3.63, 3.8) is 0 Å². The van der Waals surface area contributed by atoms with Crippen LogP contribution >= 0.6 is 0 Å². The van der Waals surface area contributed by atoms with Crippen LogP contribution in [-0.2, 0) is 25.7 Å². The van der Waals surface area contributed by atoms with Gasteiger partial charge in [0.25, 0.3) is 0 Å². The molecule has 3 fully saturated rings. The third-order valence-electron chi connectivity index (χ3n) is 7.16. The van der Waals surface area contributed by atoms with E-state index in [0.717, 1.165) is 50.9 Å². The lowest BCUT2D eigenvalue weighted by atomic mass is 9.70. The summed E-state index contributed by atoms with van der Waals surface area (Å²) < 4.78 is 74.5. The molecule has 1 aromatic carbocycles. The van der Waals surface area contributed by atoms with Crippen molar-refractivity contribution < 1.29 is 31.1 Å². The maximum Gasteiger partial charge on any atom is 0.417 e. The average Bonchev–Trinajstić information content (AvgIpc) is 2.79. The van der Waals surface area contributed by atoms with E-state index in [1.54, 1.807) is 12.2 Å². The normalized spacial score (nSPS) is 29.1. The first-order valence-electron chi connectivity index (χ1n) is 11.3. The van der Waals surface area contributed by atoms with Crippen LogP contribution in [-0.4, -0.2) is 62.4 Å². The number of methoxy groups -OCH3 is 1. The van der Waals surface area contributed by atoms with Gasteiger partial charge in [0.05, 0.1) is 24.0 Å². The Hall–Kier alpha value is -1.91. The molecule has 33 heavy (non-hydrogen) atoms. The van der Waals surface area contributed by atoms with Crippen molar-refractivity contribution in [3.05, 3.63) is 42.0 Å². The standard InChI is InChI=1S/C23H29F3N2O4S/c1-32-21(29)12-4-10-19-17-8-6-14-27-13-5-7-16(22(17)27)15-28(19)33(30,31)20-11-3-2-9-18(20)23(24,25)26/h2-4,9-11,16-17,19,22H,5-8,12-15H2,1H3/b10-4+/t16-,17+,19+,22-/m0/s1. The molecule has 0 saturated carbocycles. The van der Waals surface area contributed by atoms with E-state index in [2.05, 4.69) is 9.64 Å². The highest BCUT2D eigenvalue weighted by atomic mass is 32.2. The zero-order chi connectivity index (χ0) is 23.8. The fourth-order valence-electron chi connectivity index (χ4n) is 5.83. The number of ether oxygens (including phenoxy) is 1. The number of esters is 1. The predicted octanol–water partition coefficient (Wildman–Crippen LogP) is 3.69. The Bertz CT molecular complexity index is 1010. The van der Waals surface area contributed by atoms with E-state index in [-0.39, 0.29) is 30.8 Å². The minimum Gasteiger partial charge on any atom is -0.469 e. The molecular formula is C23H29F3N2O4S. The maximum absolute atomic E-state index is 13.7. The summed E-state index contributed by atoms with van der Waals surface area (Å²) in [7, 11) is -3.17. The third-order valence-corrected chi connectivity index (χ3v) is 9.08. The summed E-state index contributed by atoms with van der Waals surface area (Å²) >= 11 is 0. The van der Waals surface area contributed by atoms with Crippen LogP contribution in [0.2, 0.25) is 0 Å². The minimum atomic E-state index is -4.79. The first kappa shape index (κ1) is 24.2. The Morgan fingerprint density at radius 1 is 1.18 bits per heavy atom. The second-order valence-electron chi connectivity index (χ2n) is 9.00. The number of benzene rings is 1. The lowest BCUT2D eigenvalue weighted by Gasteiger charge is -2.56. The number of hydrogen-bond donors (Lipinski definition) is 0. The molecule has 3 heterocycles. The van der Waals surface area contributed by atoms with Crippen molar-refractivity contribution in [1.29, 1.82) is 0 Å². The number of hydrogen-bond acceptors (Lipinski definition) is 5. The minimum absolute atomic E-state index is 0.0233. The molecule has 4 rings (SSSR count). The van der Waals surface area contributed by atoms with Gasteiger partial charge in [-0.3, -0.25) is 9.69 Å². The average molecular weight is 487 g/mol. The quantitative estimate of drug-likeness (QED) is 0.469. The van der Waals surface area contributed by atoms with Gasteiger partial charge < -0.3 is 4.74 Å². The van der Waals surface area contributed by atoms with Crippen LogP contribution in [0.3, 0.4) is 0 Å². The molecule has 0 unspecified atom stereocenters. The van der Waals surface area contributed by atoms with Crippen molar-refractivity contribution in [2.24, 2.45) is 11.8 Å². The summed E-state index contributed by atoms with van der Waals surface area (Å²) in [6.07, 6.45) is 1.95. The molecule has 0 amide bonds. The van der Waals surface area contributed by atoms with E-state index < -0.39 is 38.7 Å². The first-order valence-corrected chi connectivity index (χ1v) is 12.7. The van der Waals surface area contributed by atoms with Gasteiger partial charge in [-0.2, -0.15) is 17.5 Å². The van der Waals surface area contributed by atoms with E-state index in [4.69, 9.17) is 0 Å². The molecule has 3 aliphatic rings. The second-order valence-corrected chi connectivity index (χ2v) is 10.9. The van der Waals surface area contributed by atoms with Gasteiger partial charge in [0.1, 0.15) is 0 Å². The molecule has 4 atom stereocenters. The van der Waals surface area contributed by atoms with Gasteiger partial charge in [-0.05, 0) is 62.7 Å². The van der Waals surface area contributed by atoms with Crippen LogP contribution in [0.15, 0.2) is 41.3 Å². The zero-order valence-electron chi connectivity index (χ0n) is 18.5. The number of piperidine rings is 3. The molecule has 3 saturated heterocycles. The number of nitrogens with zero attached hydrogens (tertiary/aromatic N) is 2. The van der Waals surface area contributed by atoms with Gasteiger partial charge >= 0.3 is 12.1 Å². The molecule has 0 aromatic heterocycles. The number of halogens is 3. The Morgan fingerprint density at radius 2 is 1.88 bits per heavy atom. The second kappa shape index (κ2) is 9.38. The highest BCUT2D eigenvalue weighted by molar-refractivity contribution is 7.89. The fraction of sp³-hybridized carbons (Fsp3) is 0.609. The van der Waals surface area contributed by atoms with E-state index in [9.17, 15) is 26.4 Å². The van der Waals surface area contributed by atoms with E-state index >= 15 is 0 Å². The Morgan fingerprint density at radius 3 is 2.58 bits per heavy atom. The van der Waals surface area contributed by atoms with Crippen LogP contribution in [0, 0.1) is 11.8 Å². The number of sulfonamides is 1. The molecule has 0 aliphatic carbocycles. The molecule has 1 aromatic rings. The van der Waals surface area contributed by atoms with Gasteiger partial charge in [-0.15, -0.1) is 0 Å². The smallest absolute Gasteiger partial charge is 0.417 e. The van der Waals surface area contributed by atoms with Crippen LogP contribution < -0.4 is 0 Å². The lowest BCUT2D eigenvalue weighted by molar-refractivity contribution is -0.140. The number of carbonyl (C=O) groups excluding carboxylic acids is 1. The number of rotatable bonds is 5. The van der Waals surface area contributed by atoms with Crippen molar-refractivity contribution >= 4 is 16.0 Å². The number of carbonyl (C=O) groups is 1. The van der Waals surface area contributed by atoms with Gasteiger partial charge in [0, 0.05) is 18.6 Å². The highest BCUT2D eigenvalue weighted by Crippen LogP contribution is 2.45. The van der Waals surface area contributed by atoms with E-state index in [1.165, 1.54) is 23.5 Å². The largest absolute Gasteiger partial charge is 0.469 e. The zero-order valence-corrected chi connectivity index (χ0v) is 19.3. The van der Waals surface area contributed by atoms with Crippen LogP contribution in [0.1, 0.15) is 37.7 Å². The monoisotopic (exact) mass is 486 g/mol. The molecule has 0 radical (unpaired) electrons. The van der Waals surface area contributed by atoms with E-state index in [1.807, 2.05) is 0 Å². The topological polar surface area (TPSA) is 66.9 Å². The maximum atomic E-state index is 13.7. The Labute approximate surface area is 192 Å². The van der Waals surface area contributed by atoms with Crippen LogP contribution in [0.5, 0.6) is 0 Å². The van der Waals surface area contributed by atoms with Crippen molar-refractivity contribution in [1.82, 2.24) is 9.21 Å². The van der Waals surface area contributed by atoms with Crippen LogP contribution in [0.4, 0.5) is 13.2 Å². The van der Waals surface area contributed by atoms with Gasteiger partial charge in [-0.1, -0.05) is 24.3 Å². The van der Waals surface area contributed by atoms with Crippen molar-refractivity contribution in [2.45, 2.75) is 55.3 Å². The van der Waals surface area contributed by atoms with Gasteiger partial charge in [0.15, 0.2) is 0 Å². The summed E-state index contributed by atoms with van der Waals surface area (Å²) in [5, 5.41) is 0. The molecule has 0 spiro atoms. The fourth-order valence-corrected chi connectivity index (χ4v) is 7.73. The highest BCUT2D eigenvalue weighted by Gasteiger charge is 2.52. The summed E-state index contributed by atoms with van der Waals surface area (Å²) in [6, 6.07) is 3.94. The van der Waals surface area contributed by atoms with Crippen molar-refractivity contribution in [3.8, 4) is 0 Å². The van der Waals surface area contributed by atoms with Crippen molar-refractivity contribution in [2.75, 3.05) is 26.7 Å². The van der Waals surface area contributed by atoms with Crippen LogP contribution in [0.25, 0.3) is 0 Å². The van der Waals surface area contributed by atoms with E-state index in [0.29, 0.717) is 0 Å². The molecule has 0 N–H and O–H groups in total. The summed E-state index contributed by atoms with van der Waals surface area (Å²) in [5.41, 5.74) is -1.15. The predicted molar refractivity (Wildman–Crippen MR) is 116 cm³/mol.